The molecule has 1 aliphatic heterocycles. The van der Waals surface area contributed by atoms with Crippen molar-refractivity contribution in [1.82, 2.24) is 0 Å². The minimum atomic E-state index is -0.0539. The maximum atomic E-state index is 12.0. The van der Waals surface area contributed by atoms with Crippen molar-refractivity contribution >= 4 is 17.3 Å². The monoisotopic (exact) mass is 246 g/mol. The van der Waals surface area contributed by atoms with Gasteiger partial charge in [-0.15, -0.1) is 0 Å². The number of ether oxygens (including phenoxy) is 1. The van der Waals surface area contributed by atoms with Gasteiger partial charge in [-0.25, -0.2) is 0 Å². The number of methoxy groups -OCH3 is 1. The first-order valence-electron chi connectivity index (χ1n) is 6.47. The molecular formula is C14H18N2O2. The Morgan fingerprint density at radius 3 is 2.72 bits per heavy atom. The van der Waals surface area contributed by atoms with Crippen LogP contribution in [0.4, 0.5) is 11.4 Å². The second kappa shape index (κ2) is 4.19. The topological polar surface area (TPSA) is 50.4 Å². The lowest BCUT2D eigenvalue weighted by Gasteiger charge is -2.28. The van der Waals surface area contributed by atoms with Crippen LogP contribution in [0.3, 0.4) is 0 Å². The average Bonchev–Trinajstić information content (AvgIpc) is 2.73. The fourth-order valence-electron chi connectivity index (χ4n) is 3.05. The van der Waals surface area contributed by atoms with Gasteiger partial charge in [-0.2, -0.15) is 0 Å². The molecule has 1 aliphatic carbocycles. The van der Waals surface area contributed by atoms with Gasteiger partial charge in [-0.1, -0.05) is 12.8 Å². The van der Waals surface area contributed by atoms with Crippen molar-refractivity contribution in [2.24, 2.45) is 0 Å². The Kier molecular flexibility index (Phi) is 2.65. The normalized spacial score (nSPS) is 20.8. The van der Waals surface area contributed by atoms with Crippen molar-refractivity contribution in [3.63, 3.8) is 0 Å². The summed E-state index contributed by atoms with van der Waals surface area (Å²) in [6.45, 7) is 0. The molecule has 18 heavy (non-hydrogen) atoms. The lowest BCUT2D eigenvalue weighted by Crippen LogP contribution is -2.36. The number of benzene rings is 1. The van der Waals surface area contributed by atoms with E-state index >= 15 is 0 Å². The molecule has 0 atom stereocenters. The molecule has 0 bridgehead atoms. The third-order valence-corrected chi connectivity index (χ3v) is 3.96. The summed E-state index contributed by atoms with van der Waals surface area (Å²) in [5.74, 6) is 0.916. The lowest BCUT2D eigenvalue weighted by atomic mass is 9.93. The predicted octanol–water partition coefficient (Wildman–Crippen LogP) is 2.76. The number of carbonyl (C=O) groups excluding carboxylic acids is 1. The number of fused-ring (bicyclic) bond motifs is 1. The summed E-state index contributed by atoms with van der Waals surface area (Å²) in [4.78, 5) is 12.0. The molecule has 3 rings (SSSR count). The third kappa shape index (κ3) is 1.92. The van der Waals surface area contributed by atoms with E-state index in [1.165, 1.54) is 12.8 Å². The van der Waals surface area contributed by atoms with Crippen molar-refractivity contribution in [3.8, 4) is 5.75 Å². The summed E-state index contributed by atoms with van der Waals surface area (Å²) in [5, 5.41) is 6.54. The van der Waals surface area contributed by atoms with Gasteiger partial charge in [0.15, 0.2) is 0 Å². The maximum absolute atomic E-state index is 12.0. The highest BCUT2D eigenvalue weighted by molar-refractivity contribution is 5.97. The Balaban J connectivity index is 2.00. The zero-order valence-electron chi connectivity index (χ0n) is 10.6. The molecule has 0 aromatic heterocycles. The molecule has 1 fully saturated rings. The molecule has 4 heteroatoms. The molecule has 0 radical (unpaired) electrons. The maximum Gasteiger partial charge on any atom is 0.226 e. The molecule has 1 heterocycles. The Labute approximate surface area is 107 Å². The SMILES string of the molecule is COc1ccc2c(c1)NC1(CCCC1)CC(=O)N2. The van der Waals surface area contributed by atoms with Gasteiger partial charge >= 0.3 is 0 Å². The third-order valence-electron chi connectivity index (χ3n) is 3.96. The van der Waals surface area contributed by atoms with E-state index in [9.17, 15) is 4.79 Å². The summed E-state index contributed by atoms with van der Waals surface area (Å²) in [6, 6.07) is 5.72. The Hall–Kier alpha value is -1.71. The fraction of sp³-hybridized carbons (Fsp3) is 0.500. The minimum Gasteiger partial charge on any atom is -0.497 e. The molecule has 2 aliphatic rings. The van der Waals surface area contributed by atoms with Crippen LogP contribution in [0.15, 0.2) is 18.2 Å². The van der Waals surface area contributed by atoms with Gasteiger partial charge in [0.25, 0.3) is 0 Å². The van der Waals surface area contributed by atoms with Crippen LogP contribution in [0.2, 0.25) is 0 Å². The minimum absolute atomic E-state index is 0.0539. The fourth-order valence-corrected chi connectivity index (χ4v) is 3.05. The first kappa shape index (κ1) is 11.4. The molecule has 1 saturated carbocycles. The molecule has 1 aromatic carbocycles. The van der Waals surface area contributed by atoms with E-state index in [2.05, 4.69) is 10.6 Å². The number of nitrogens with one attached hydrogen (secondary N) is 2. The summed E-state index contributed by atoms with van der Waals surface area (Å²) in [6.07, 6.45) is 5.08. The van der Waals surface area contributed by atoms with Crippen LogP contribution in [0, 0.1) is 0 Å². The second-order valence-electron chi connectivity index (χ2n) is 5.25. The molecule has 0 unspecified atom stereocenters. The van der Waals surface area contributed by atoms with E-state index < -0.39 is 0 Å². The van der Waals surface area contributed by atoms with E-state index in [0.29, 0.717) is 6.42 Å². The predicted molar refractivity (Wildman–Crippen MR) is 71.1 cm³/mol. The van der Waals surface area contributed by atoms with Gasteiger partial charge in [-0.05, 0) is 25.0 Å². The quantitative estimate of drug-likeness (QED) is 0.801. The van der Waals surface area contributed by atoms with Crippen molar-refractivity contribution in [3.05, 3.63) is 18.2 Å². The van der Waals surface area contributed by atoms with Crippen LogP contribution in [0.1, 0.15) is 32.1 Å². The van der Waals surface area contributed by atoms with Gasteiger partial charge in [0.1, 0.15) is 5.75 Å². The number of hydrogen-bond donors (Lipinski definition) is 2. The van der Waals surface area contributed by atoms with Crippen LogP contribution in [0.25, 0.3) is 0 Å². The van der Waals surface area contributed by atoms with Gasteiger partial charge in [0, 0.05) is 18.0 Å². The largest absolute Gasteiger partial charge is 0.497 e. The van der Waals surface area contributed by atoms with Crippen LogP contribution in [-0.4, -0.2) is 18.6 Å². The summed E-state index contributed by atoms with van der Waals surface area (Å²) in [7, 11) is 1.66. The van der Waals surface area contributed by atoms with Crippen molar-refractivity contribution in [2.45, 2.75) is 37.6 Å². The van der Waals surface area contributed by atoms with Gasteiger partial charge < -0.3 is 15.4 Å². The number of anilines is 2. The zero-order valence-corrected chi connectivity index (χ0v) is 10.6. The zero-order chi connectivity index (χ0) is 12.6. The van der Waals surface area contributed by atoms with E-state index in [1.807, 2.05) is 18.2 Å². The average molecular weight is 246 g/mol. The van der Waals surface area contributed by atoms with E-state index in [1.54, 1.807) is 7.11 Å². The second-order valence-corrected chi connectivity index (χ2v) is 5.25. The molecule has 1 amide bonds. The number of carbonyl (C=O) groups is 1. The number of hydrogen-bond acceptors (Lipinski definition) is 3. The van der Waals surface area contributed by atoms with Gasteiger partial charge in [-0.3, -0.25) is 4.79 Å². The first-order valence-corrected chi connectivity index (χ1v) is 6.47. The van der Waals surface area contributed by atoms with Crippen LogP contribution in [-0.2, 0) is 4.79 Å². The molecule has 4 nitrogen and oxygen atoms in total. The highest BCUT2D eigenvalue weighted by Gasteiger charge is 2.38. The first-order chi connectivity index (χ1) is 8.71. The van der Waals surface area contributed by atoms with Crippen LogP contribution < -0.4 is 15.4 Å². The van der Waals surface area contributed by atoms with E-state index in [4.69, 9.17) is 4.74 Å². The molecule has 2 N–H and O–H groups in total. The summed E-state index contributed by atoms with van der Waals surface area (Å²) in [5.41, 5.74) is 1.77. The van der Waals surface area contributed by atoms with Gasteiger partial charge in [0.2, 0.25) is 5.91 Å². The van der Waals surface area contributed by atoms with E-state index in [0.717, 1.165) is 30.0 Å². The van der Waals surface area contributed by atoms with Crippen molar-refractivity contribution in [1.29, 1.82) is 0 Å². The van der Waals surface area contributed by atoms with Crippen LogP contribution >= 0.6 is 0 Å². The Morgan fingerprint density at radius 2 is 2.00 bits per heavy atom. The van der Waals surface area contributed by atoms with Crippen molar-refractivity contribution in [2.75, 3.05) is 17.7 Å². The molecular weight excluding hydrogens is 228 g/mol. The summed E-state index contributed by atoms with van der Waals surface area (Å²) >= 11 is 0. The van der Waals surface area contributed by atoms with Gasteiger partial charge in [0.05, 0.1) is 18.5 Å². The number of rotatable bonds is 1. The molecule has 1 spiro atoms. The smallest absolute Gasteiger partial charge is 0.226 e. The molecule has 0 saturated heterocycles. The lowest BCUT2D eigenvalue weighted by molar-refractivity contribution is -0.117. The molecule has 96 valence electrons. The van der Waals surface area contributed by atoms with Crippen molar-refractivity contribution < 1.29 is 9.53 Å². The van der Waals surface area contributed by atoms with E-state index in [-0.39, 0.29) is 11.4 Å². The van der Waals surface area contributed by atoms with Crippen LogP contribution in [0.5, 0.6) is 5.75 Å². The summed E-state index contributed by atoms with van der Waals surface area (Å²) < 4.78 is 5.25. The molecule has 1 aromatic rings. The number of amides is 1. The Bertz CT molecular complexity index is 479. The standard InChI is InChI=1S/C14H18N2O2/c1-18-10-4-5-11-12(8-10)16-14(6-2-3-7-14)9-13(17)15-11/h4-5,8,16H,2-3,6-7,9H2,1H3,(H,15,17). The highest BCUT2D eigenvalue weighted by Crippen LogP contribution is 2.41. The highest BCUT2D eigenvalue weighted by atomic mass is 16.5. The Morgan fingerprint density at radius 1 is 1.22 bits per heavy atom.